The first kappa shape index (κ1) is 6.42. The van der Waals surface area contributed by atoms with E-state index >= 15 is 0 Å². The Morgan fingerprint density at radius 3 is 3.09 bits per heavy atom. The first-order valence-corrected chi connectivity index (χ1v) is 3.97. The summed E-state index contributed by atoms with van der Waals surface area (Å²) < 4.78 is 0.919. The van der Waals surface area contributed by atoms with Gasteiger partial charge in [0.05, 0.1) is 10.2 Å². The molecular weight excluding hydrogens is 160 g/mol. The fourth-order valence-corrected chi connectivity index (χ4v) is 1.71. The van der Waals surface area contributed by atoms with Gasteiger partial charge in [-0.05, 0) is 6.07 Å². The molecule has 0 saturated carbocycles. The van der Waals surface area contributed by atoms with Crippen molar-refractivity contribution in [1.29, 1.82) is 0 Å². The first-order valence-electron chi connectivity index (χ1n) is 3.09. The number of aromatic hydroxyl groups is 1. The molecule has 0 aliphatic carbocycles. The first-order chi connectivity index (χ1) is 5.27. The van der Waals surface area contributed by atoms with Gasteiger partial charge in [0.25, 0.3) is 0 Å². The molecule has 0 unspecified atom stereocenters. The molecule has 0 fully saturated rings. The molecule has 1 aromatic carbocycles. The van der Waals surface area contributed by atoms with Crippen LogP contribution in [0, 0.1) is 0 Å². The maximum Gasteiger partial charge on any atom is 0.144 e. The van der Waals surface area contributed by atoms with Gasteiger partial charge in [0.1, 0.15) is 11.3 Å². The van der Waals surface area contributed by atoms with E-state index in [-0.39, 0.29) is 5.75 Å². The standard InChI is InChI=1S/C7H6N2OS/c8-4-1-5(10)7-6(2-4)11-3-9-7/h1-3,10H,8H2. The Balaban J connectivity index is 2.91. The number of hydrogen-bond donors (Lipinski definition) is 2. The summed E-state index contributed by atoms with van der Waals surface area (Å²) >= 11 is 1.46. The van der Waals surface area contributed by atoms with E-state index in [0.29, 0.717) is 11.2 Å². The number of rotatable bonds is 0. The quantitative estimate of drug-likeness (QED) is 0.584. The van der Waals surface area contributed by atoms with E-state index in [4.69, 9.17) is 5.73 Å². The molecule has 3 N–H and O–H groups in total. The largest absolute Gasteiger partial charge is 0.506 e. The summed E-state index contributed by atoms with van der Waals surface area (Å²) in [6.07, 6.45) is 0. The van der Waals surface area contributed by atoms with E-state index in [1.165, 1.54) is 17.4 Å². The fourth-order valence-electron chi connectivity index (χ4n) is 0.969. The highest BCUT2D eigenvalue weighted by Gasteiger charge is 2.02. The number of fused-ring (bicyclic) bond motifs is 1. The third kappa shape index (κ3) is 0.914. The number of nitrogens with zero attached hydrogens (tertiary/aromatic N) is 1. The summed E-state index contributed by atoms with van der Waals surface area (Å²) in [5.41, 5.74) is 8.38. The van der Waals surface area contributed by atoms with Gasteiger partial charge in [0.2, 0.25) is 0 Å². The number of anilines is 1. The molecule has 0 atom stereocenters. The van der Waals surface area contributed by atoms with Gasteiger partial charge in [-0.15, -0.1) is 11.3 Å². The van der Waals surface area contributed by atoms with E-state index in [0.717, 1.165) is 4.70 Å². The van der Waals surface area contributed by atoms with Crippen molar-refractivity contribution in [3.8, 4) is 5.75 Å². The minimum absolute atomic E-state index is 0.154. The van der Waals surface area contributed by atoms with Crippen LogP contribution in [0.1, 0.15) is 0 Å². The zero-order chi connectivity index (χ0) is 7.84. The Hall–Kier alpha value is -1.29. The third-order valence-corrected chi connectivity index (χ3v) is 2.21. The Kier molecular flexibility index (Phi) is 1.22. The number of aromatic nitrogens is 1. The molecular formula is C7H6N2OS. The van der Waals surface area contributed by atoms with E-state index in [9.17, 15) is 5.11 Å². The number of thiazole rings is 1. The highest BCUT2D eigenvalue weighted by molar-refractivity contribution is 7.16. The summed E-state index contributed by atoms with van der Waals surface area (Å²) in [5.74, 6) is 0.154. The summed E-state index contributed by atoms with van der Waals surface area (Å²) in [6, 6.07) is 3.30. The zero-order valence-corrected chi connectivity index (χ0v) is 6.43. The van der Waals surface area contributed by atoms with Crippen LogP contribution in [0.2, 0.25) is 0 Å². The lowest BCUT2D eigenvalue weighted by Crippen LogP contribution is -1.82. The number of nitrogen functional groups attached to an aromatic ring is 1. The second kappa shape index (κ2) is 2.10. The lowest BCUT2D eigenvalue weighted by atomic mass is 10.3. The molecule has 1 aromatic heterocycles. The maximum absolute atomic E-state index is 9.31. The van der Waals surface area contributed by atoms with E-state index in [1.54, 1.807) is 11.6 Å². The molecule has 56 valence electrons. The monoisotopic (exact) mass is 166 g/mol. The van der Waals surface area contributed by atoms with Gasteiger partial charge in [-0.25, -0.2) is 4.98 Å². The average molecular weight is 166 g/mol. The number of nitrogens with two attached hydrogens (primary N) is 1. The van der Waals surface area contributed by atoms with Crippen LogP contribution in [-0.4, -0.2) is 10.1 Å². The van der Waals surface area contributed by atoms with Crippen molar-refractivity contribution in [2.75, 3.05) is 5.73 Å². The second-order valence-electron chi connectivity index (χ2n) is 2.24. The van der Waals surface area contributed by atoms with Gasteiger partial charge in [-0.3, -0.25) is 0 Å². The van der Waals surface area contributed by atoms with Crippen LogP contribution in [-0.2, 0) is 0 Å². The number of phenols is 1. The van der Waals surface area contributed by atoms with Gasteiger partial charge in [-0.1, -0.05) is 0 Å². The predicted octanol–water partition coefficient (Wildman–Crippen LogP) is 1.58. The Labute approximate surface area is 67.1 Å². The van der Waals surface area contributed by atoms with Crippen LogP contribution in [0.25, 0.3) is 10.2 Å². The van der Waals surface area contributed by atoms with Crippen LogP contribution >= 0.6 is 11.3 Å². The highest BCUT2D eigenvalue weighted by atomic mass is 32.1. The van der Waals surface area contributed by atoms with Gasteiger partial charge < -0.3 is 10.8 Å². The lowest BCUT2D eigenvalue weighted by Gasteiger charge is -1.94. The summed E-state index contributed by atoms with van der Waals surface area (Å²) in [6.45, 7) is 0. The molecule has 0 amide bonds. The van der Waals surface area contributed by atoms with Gasteiger partial charge in [0.15, 0.2) is 0 Å². The Morgan fingerprint density at radius 1 is 1.45 bits per heavy atom. The smallest absolute Gasteiger partial charge is 0.144 e. The van der Waals surface area contributed by atoms with Crippen LogP contribution in [0.4, 0.5) is 5.69 Å². The van der Waals surface area contributed by atoms with Crippen molar-refractivity contribution >= 4 is 27.2 Å². The summed E-state index contributed by atoms with van der Waals surface area (Å²) in [4.78, 5) is 3.97. The lowest BCUT2D eigenvalue weighted by molar-refractivity contribution is 0.481. The van der Waals surface area contributed by atoms with E-state index in [2.05, 4.69) is 4.98 Å². The Morgan fingerprint density at radius 2 is 2.27 bits per heavy atom. The molecule has 2 rings (SSSR count). The second-order valence-corrected chi connectivity index (χ2v) is 3.13. The van der Waals surface area contributed by atoms with E-state index in [1.807, 2.05) is 0 Å². The third-order valence-electron chi connectivity index (χ3n) is 1.44. The minimum atomic E-state index is 0.154. The molecule has 0 spiro atoms. The highest BCUT2D eigenvalue weighted by Crippen LogP contribution is 2.28. The molecule has 0 radical (unpaired) electrons. The van der Waals surface area contributed by atoms with Crippen molar-refractivity contribution < 1.29 is 5.11 Å². The van der Waals surface area contributed by atoms with Crippen molar-refractivity contribution in [3.63, 3.8) is 0 Å². The van der Waals surface area contributed by atoms with Crippen molar-refractivity contribution in [2.24, 2.45) is 0 Å². The van der Waals surface area contributed by atoms with Crippen molar-refractivity contribution in [1.82, 2.24) is 4.98 Å². The molecule has 4 heteroatoms. The number of hydrogen-bond acceptors (Lipinski definition) is 4. The average Bonchev–Trinajstić information content (AvgIpc) is 2.34. The molecule has 0 aliphatic heterocycles. The molecule has 2 aromatic rings. The summed E-state index contributed by atoms with van der Waals surface area (Å²) in [7, 11) is 0. The predicted molar refractivity (Wildman–Crippen MR) is 45.7 cm³/mol. The minimum Gasteiger partial charge on any atom is -0.506 e. The van der Waals surface area contributed by atoms with Crippen LogP contribution in [0.15, 0.2) is 17.6 Å². The molecule has 0 saturated heterocycles. The molecule has 0 aliphatic rings. The normalized spacial score (nSPS) is 10.5. The van der Waals surface area contributed by atoms with Gasteiger partial charge >= 0.3 is 0 Å². The number of phenolic OH excluding ortho intramolecular Hbond substituents is 1. The summed E-state index contributed by atoms with van der Waals surface area (Å²) in [5, 5.41) is 9.31. The van der Waals surface area contributed by atoms with Crippen molar-refractivity contribution in [3.05, 3.63) is 17.6 Å². The zero-order valence-electron chi connectivity index (χ0n) is 5.61. The molecule has 3 nitrogen and oxygen atoms in total. The SMILES string of the molecule is Nc1cc(O)c2ncsc2c1. The van der Waals surface area contributed by atoms with Gasteiger partial charge in [-0.2, -0.15) is 0 Å². The molecule has 11 heavy (non-hydrogen) atoms. The fraction of sp³-hybridized carbons (Fsp3) is 0. The number of benzene rings is 1. The van der Waals surface area contributed by atoms with Crippen LogP contribution in [0.5, 0.6) is 5.75 Å². The Bertz CT molecular complexity index is 396. The molecule has 0 bridgehead atoms. The van der Waals surface area contributed by atoms with Crippen LogP contribution < -0.4 is 5.73 Å². The van der Waals surface area contributed by atoms with Gasteiger partial charge in [0, 0.05) is 11.8 Å². The maximum atomic E-state index is 9.31. The topological polar surface area (TPSA) is 59.1 Å². The van der Waals surface area contributed by atoms with E-state index < -0.39 is 0 Å². The molecule has 1 heterocycles. The van der Waals surface area contributed by atoms with Crippen LogP contribution in [0.3, 0.4) is 0 Å². The van der Waals surface area contributed by atoms with Crippen molar-refractivity contribution in [2.45, 2.75) is 0 Å².